The number of carbonyl (C=O) groups excluding carboxylic acids is 1. The lowest BCUT2D eigenvalue weighted by molar-refractivity contribution is -0.116. The molecule has 0 N–H and O–H groups in total. The van der Waals surface area contributed by atoms with Crippen molar-refractivity contribution in [3.8, 4) is 5.75 Å². The van der Waals surface area contributed by atoms with Crippen LogP contribution >= 0.6 is 0 Å². The second-order valence-corrected chi connectivity index (χ2v) is 8.91. The highest BCUT2D eigenvalue weighted by Gasteiger charge is 2.33. The number of aryl methyl sites for hydroxylation is 2. The van der Waals surface area contributed by atoms with Gasteiger partial charge in [-0.2, -0.15) is 0 Å². The lowest BCUT2D eigenvalue weighted by Crippen LogP contribution is -2.34. The molecule has 0 radical (unpaired) electrons. The first-order valence-corrected chi connectivity index (χ1v) is 11.1. The van der Waals surface area contributed by atoms with Crippen molar-refractivity contribution in [1.82, 2.24) is 0 Å². The number of hydrogen-bond acceptors (Lipinski definition) is 2. The van der Waals surface area contributed by atoms with Gasteiger partial charge in [0.05, 0.1) is 0 Å². The first-order chi connectivity index (χ1) is 14.7. The van der Waals surface area contributed by atoms with E-state index in [-0.39, 0.29) is 12.0 Å². The maximum Gasteiger partial charge on any atom is 0.123 e. The van der Waals surface area contributed by atoms with Crippen molar-refractivity contribution < 1.29 is 9.53 Å². The van der Waals surface area contributed by atoms with E-state index < -0.39 is 0 Å². The normalized spacial score (nSPS) is 25.1. The predicted molar refractivity (Wildman–Crippen MR) is 120 cm³/mol. The third-order valence-electron chi connectivity index (χ3n) is 6.85. The highest BCUT2D eigenvalue weighted by Crippen LogP contribution is 2.46. The van der Waals surface area contributed by atoms with Crippen LogP contribution in [0.3, 0.4) is 0 Å². The molecule has 2 aliphatic carbocycles. The molecule has 2 atom stereocenters. The molecule has 1 saturated carbocycles. The molecule has 152 valence electrons. The molecule has 0 amide bonds. The first kappa shape index (κ1) is 19.1. The van der Waals surface area contributed by atoms with Gasteiger partial charge in [0.15, 0.2) is 0 Å². The number of ether oxygens (including phenoxy) is 1. The Hall–Kier alpha value is -2.87. The molecule has 5 rings (SSSR count). The van der Waals surface area contributed by atoms with Gasteiger partial charge in [0.1, 0.15) is 18.1 Å². The second-order valence-electron chi connectivity index (χ2n) is 8.91. The average Bonchev–Trinajstić information content (AvgIpc) is 2.76. The van der Waals surface area contributed by atoms with E-state index in [0.717, 1.165) is 31.3 Å². The minimum Gasteiger partial charge on any atom is -0.490 e. The molecular weight excluding hydrogens is 368 g/mol. The SMILES string of the molecule is Cc1ccc2c(c1)CC[C@H](c1ccccc1)[C@@H]2c1ccc(OC2CC(C=O)C2)cc1. The molecule has 1 fully saturated rings. The molecular formula is C28H28O2. The molecule has 0 aliphatic heterocycles. The Kier molecular flexibility index (Phi) is 5.16. The third kappa shape index (κ3) is 3.67. The van der Waals surface area contributed by atoms with Gasteiger partial charge in [-0.25, -0.2) is 0 Å². The Bertz CT molecular complexity index is 1020. The van der Waals surface area contributed by atoms with Gasteiger partial charge in [0.2, 0.25) is 0 Å². The van der Waals surface area contributed by atoms with Crippen LogP contribution in [-0.2, 0) is 11.2 Å². The number of carbonyl (C=O) groups is 1. The van der Waals surface area contributed by atoms with Crippen LogP contribution in [-0.4, -0.2) is 12.4 Å². The molecule has 0 heterocycles. The summed E-state index contributed by atoms with van der Waals surface area (Å²) in [6.45, 7) is 2.18. The topological polar surface area (TPSA) is 26.3 Å². The minimum atomic E-state index is 0.182. The summed E-state index contributed by atoms with van der Waals surface area (Å²) in [6, 6.07) is 26.6. The van der Waals surface area contributed by atoms with Crippen molar-refractivity contribution in [1.29, 1.82) is 0 Å². The van der Waals surface area contributed by atoms with Crippen molar-refractivity contribution >= 4 is 6.29 Å². The molecule has 0 unspecified atom stereocenters. The van der Waals surface area contributed by atoms with Crippen LogP contribution in [0.2, 0.25) is 0 Å². The number of hydrogen-bond donors (Lipinski definition) is 0. The monoisotopic (exact) mass is 396 g/mol. The van der Waals surface area contributed by atoms with Crippen molar-refractivity contribution in [2.45, 2.75) is 50.5 Å². The fraction of sp³-hybridized carbons (Fsp3) is 0.321. The quantitative estimate of drug-likeness (QED) is 0.479. The maximum atomic E-state index is 10.8. The van der Waals surface area contributed by atoms with Gasteiger partial charge >= 0.3 is 0 Å². The largest absolute Gasteiger partial charge is 0.490 e. The molecule has 3 aromatic carbocycles. The zero-order chi connectivity index (χ0) is 20.5. The lowest BCUT2D eigenvalue weighted by Gasteiger charge is -2.35. The summed E-state index contributed by atoms with van der Waals surface area (Å²) >= 11 is 0. The standard InChI is InChI=1S/C28H28O2/c1-19-7-13-27-23(15-19)10-14-26(21-5-3-2-4-6-21)28(27)22-8-11-24(12-9-22)30-25-16-20(17-25)18-29/h2-9,11-13,15,18,20,25-26,28H,10,14,16-17H2,1H3/t20?,25?,26-,28+/m1/s1. The van der Waals surface area contributed by atoms with Crippen LogP contribution < -0.4 is 4.74 Å². The zero-order valence-electron chi connectivity index (χ0n) is 17.5. The number of benzene rings is 3. The van der Waals surface area contributed by atoms with E-state index in [1.54, 1.807) is 0 Å². The summed E-state index contributed by atoms with van der Waals surface area (Å²) < 4.78 is 6.06. The van der Waals surface area contributed by atoms with Crippen LogP contribution in [0.4, 0.5) is 0 Å². The fourth-order valence-corrected chi connectivity index (χ4v) is 5.18. The van der Waals surface area contributed by atoms with Crippen LogP contribution in [0.5, 0.6) is 5.75 Å². The van der Waals surface area contributed by atoms with E-state index >= 15 is 0 Å². The summed E-state index contributed by atoms with van der Waals surface area (Å²) in [5, 5.41) is 0. The summed E-state index contributed by atoms with van der Waals surface area (Å²) in [4.78, 5) is 10.8. The summed E-state index contributed by atoms with van der Waals surface area (Å²) in [7, 11) is 0. The van der Waals surface area contributed by atoms with Gasteiger partial charge in [0.25, 0.3) is 0 Å². The van der Waals surface area contributed by atoms with Gasteiger partial charge in [-0.05, 0) is 72.9 Å². The Morgan fingerprint density at radius 1 is 0.900 bits per heavy atom. The number of aldehydes is 1. The molecule has 2 nitrogen and oxygen atoms in total. The van der Waals surface area contributed by atoms with Crippen molar-refractivity contribution in [3.05, 3.63) is 101 Å². The molecule has 30 heavy (non-hydrogen) atoms. The van der Waals surface area contributed by atoms with E-state index in [4.69, 9.17) is 4.74 Å². The minimum absolute atomic E-state index is 0.182. The molecule has 2 heteroatoms. The molecule has 0 aromatic heterocycles. The molecule has 2 aliphatic rings. The van der Waals surface area contributed by atoms with Gasteiger partial charge in [0, 0.05) is 11.8 Å². The fourth-order valence-electron chi connectivity index (χ4n) is 5.18. The number of rotatable bonds is 5. The van der Waals surface area contributed by atoms with Crippen molar-refractivity contribution in [2.75, 3.05) is 0 Å². The average molecular weight is 397 g/mol. The smallest absolute Gasteiger partial charge is 0.123 e. The molecule has 0 spiro atoms. The van der Waals surface area contributed by atoms with E-state index in [1.807, 2.05) is 0 Å². The van der Waals surface area contributed by atoms with E-state index in [0.29, 0.717) is 11.8 Å². The highest BCUT2D eigenvalue weighted by molar-refractivity contribution is 5.55. The highest BCUT2D eigenvalue weighted by atomic mass is 16.5. The number of fused-ring (bicyclic) bond motifs is 1. The molecule has 3 aromatic rings. The third-order valence-corrected chi connectivity index (χ3v) is 6.85. The Labute approximate surface area is 178 Å². The van der Waals surface area contributed by atoms with Gasteiger partial charge < -0.3 is 9.53 Å². The maximum absolute atomic E-state index is 10.8. The second kappa shape index (κ2) is 8.10. The first-order valence-electron chi connectivity index (χ1n) is 11.1. The Morgan fingerprint density at radius 2 is 1.67 bits per heavy atom. The van der Waals surface area contributed by atoms with E-state index in [9.17, 15) is 4.79 Å². The van der Waals surface area contributed by atoms with Crippen LogP contribution in [0, 0.1) is 12.8 Å². The Morgan fingerprint density at radius 3 is 2.40 bits per heavy atom. The van der Waals surface area contributed by atoms with E-state index in [2.05, 4.69) is 79.7 Å². The van der Waals surface area contributed by atoms with Gasteiger partial charge in [-0.1, -0.05) is 66.2 Å². The molecule has 0 bridgehead atoms. The Balaban J connectivity index is 1.45. The van der Waals surface area contributed by atoms with Crippen LogP contribution in [0.25, 0.3) is 0 Å². The summed E-state index contributed by atoms with van der Waals surface area (Å²) in [5.41, 5.74) is 7.05. The predicted octanol–water partition coefficient (Wildman–Crippen LogP) is 6.21. The van der Waals surface area contributed by atoms with Gasteiger partial charge in [-0.15, -0.1) is 0 Å². The van der Waals surface area contributed by atoms with Crippen LogP contribution in [0.1, 0.15) is 58.9 Å². The lowest BCUT2D eigenvalue weighted by atomic mass is 9.69. The van der Waals surface area contributed by atoms with Crippen molar-refractivity contribution in [3.63, 3.8) is 0 Å². The van der Waals surface area contributed by atoms with Crippen molar-refractivity contribution in [2.24, 2.45) is 5.92 Å². The summed E-state index contributed by atoms with van der Waals surface area (Å²) in [6.07, 6.45) is 5.22. The molecule has 0 saturated heterocycles. The van der Waals surface area contributed by atoms with Gasteiger partial charge in [-0.3, -0.25) is 0 Å². The van der Waals surface area contributed by atoms with Crippen LogP contribution in [0.15, 0.2) is 72.8 Å². The summed E-state index contributed by atoms with van der Waals surface area (Å²) in [5.74, 6) is 1.93. The zero-order valence-corrected chi connectivity index (χ0v) is 17.5. The van der Waals surface area contributed by atoms with E-state index in [1.165, 1.54) is 34.2 Å².